The van der Waals surface area contributed by atoms with E-state index in [9.17, 15) is 4.79 Å². The monoisotopic (exact) mass is 543 g/mol. The average Bonchev–Trinajstić information content (AvgIpc) is 3.40. The summed E-state index contributed by atoms with van der Waals surface area (Å²) in [6, 6.07) is 27.3. The number of aromatic nitrogens is 2. The molecule has 0 atom stereocenters. The Hall–Kier alpha value is -3.09. The molecule has 0 unspecified atom stereocenters. The van der Waals surface area contributed by atoms with Gasteiger partial charge < -0.3 is 17.7 Å². The summed E-state index contributed by atoms with van der Waals surface area (Å²) in [7, 11) is 0. The average molecular weight is 544 g/mol. The topological polar surface area (TPSA) is 82.2 Å². The molecule has 7 heteroatoms. The minimum atomic E-state index is -0.215. The van der Waals surface area contributed by atoms with Crippen LogP contribution in [0.25, 0.3) is 11.1 Å². The first-order chi connectivity index (χ1) is 16.3. The molecule has 0 saturated carbocycles. The molecule has 0 saturated heterocycles. The van der Waals surface area contributed by atoms with Crippen molar-refractivity contribution in [3.8, 4) is 11.1 Å². The van der Waals surface area contributed by atoms with E-state index in [1.54, 1.807) is 24.7 Å². The number of hydrogen-bond acceptors (Lipinski definition) is 3. The number of nitrogens with one attached hydrogen (secondary N) is 3. The number of guanidine groups is 1. The van der Waals surface area contributed by atoms with Crippen LogP contribution in [0.5, 0.6) is 0 Å². The van der Waals surface area contributed by atoms with Gasteiger partial charge in [0.25, 0.3) is 5.91 Å². The van der Waals surface area contributed by atoms with E-state index in [1.807, 2.05) is 68.4 Å². The summed E-state index contributed by atoms with van der Waals surface area (Å²) in [6.07, 6.45) is 4.11. The number of rotatable bonds is 6. The summed E-state index contributed by atoms with van der Waals surface area (Å²) in [5.41, 5.74) is 4.61. The van der Waals surface area contributed by atoms with Crippen LogP contribution in [0.4, 0.5) is 5.69 Å². The van der Waals surface area contributed by atoms with E-state index in [2.05, 4.69) is 43.8 Å². The number of amides is 1. The van der Waals surface area contributed by atoms with Crippen molar-refractivity contribution in [3.05, 3.63) is 116 Å². The number of carbonyl (C=O) groups excluding carboxylic acids is 1. The molecule has 35 heavy (non-hydrogen) atoms. The fourth-order valence-electron chi connectivity index (χ4n) is 3.13. The number of nitrogens with zero attached hydrogens (tertiary/aromatic N) is 2. The summed E-state index contributed by atoms with van der Waals surface area (Å²) in [4.78, 5) is 24.4. The summed E-state index contributed by atoms with van der Waals surface area (Å²) >= 11 is 0. The first kappa shape index (κ1) is 29.9. The predicted molar refractivity (Wildman–Crippen MR) is 142 cm³/mol. The second kappa shape index (κ2) is 16.5. The fraction of sp³-hybridized carbons (Fsp3) is 0.143. The van der Waals surface area contributed by atoms with Crippen LogP contribution in [0.2, 0.25) is 0 Å². The van der Waals surface area contributed by atoms with Gasteiger partial charge in [-0.2, -0.15) is 0 Å². The Bertz CT molecular complexity index is 1150. The van der Waals surface area contributed by atoms with Crippen LogP contribution in [0.1, 0.15) is 29.9 Å². The molecule has 0 aliphatic heterocycles. The van der Waals surface area contributed by atoms with E-state index >= 15 is 0 Å². The molecule has 0 bridgehead atoms. The van der Waals surface area contributed by atoms with E-state index in [1.165, 1.54) is 0 Å². The van der Waals surface area contributed by atoms with E-state index in [0.29, 0.717) is 24.5 Å². The smallest absolute Gasteiger partial charge is 0.257 e. The van der Waals surface area contributed by atoms with Crippen molar-refractivity contribution in [2.45, 2.75) is 20.3 Å². The quantitative estimate of drug-likeness (QED) is 0.159. The molecule has 0 spiro atoms. The van der Waals surface area contributed by atoms with Crippen LogP contribution < -0.4 is 10.6 Å². The van der Waals surface area contributed by atoms with Gasteiger partial charge >= 0.3 is 0 Å². The van der Waals surface area contributed by atoms with Crippen LogP contribution in [0.15, 0.2) is 102 Å². The minimum absolute atomic E-state index is 0. The third-order valence-corrected chi connectivity index (χ3v) is 4.71. The van der Waals surface area contributed by atoms with Crippen molar-refractivity contribution < 1.29 is 37.5 Å². The number of carbonyl (C=O) groups is 1. The Kier molecular flexibility index (Phi) is 14.1. The van der Waals surface area contributed by atoms with E-state index in [4.69, 9.17) is 0 Å². The van der Waals surface area contributed by atoms with Crippen molar-refractivity contribution in [2.24, 2.45) is 4.99 Å². The number of imidazole rings is 1. The molecule has 0 fully saturated rings. The molecule has 0 aliphatic rings. The van der Waals surface area contributed by atoms with Crippen molar-refractivity contribution in [1.82, 2.24) is 15.3 Å². The molecule has 1 amide bonds. The zero-order valence-electron chi connectivity index (χ0n) is 20.5. The van der Waals surface area contributed by atoms with Crippen molar-refractivity contribution in [3.63, 3.8) is 0 Å². The van der Waals surface area contributed by atoms with Gasteiger partial charge in [0.2, 0.25) is 5.96 Å². The van der Waals surface area contributed by atoms with Gasteiger partial charge in [0, 0.05) is 68.8 Å². The molecule has 3 N–H and O–H groups in total. The normalized spacial score (nSPS) is 10.1. The van der Waals surface area contributed by atoms with Gasteiger partial charge in [-0.1, -0.05) is 74.5 Å². The number of aliphatic imine (C=N–C) groups is 1. The zero-order chi connectivity index (χ0) is 23.3. The predicted octanol–water partition coefficient (Wildman–Crippen LogP) is 5.99. The number of H-pyrrole nitrogens is 1. The van der Waals surface area contributed by atoms with Gasteiger partial charge in [0.15, 0.2) is 0 Å². The second-order valence-corrected chi connectivity index (χ2v) is 6.95. The van der Waals surface area contributed by atoms with Gasteiger partial charge in [-0.25, -0.2) is 4.98 Å². The standard InChI is InChI=1S/C25H23N5O.C2H6.CH3.Y/c31-24(20-10-5-2-6-11-20)30-25(27-15-14-23-17-26-18-28-23)29-22-13-7-12-21(16-22)19-8-3-1-4-9-19;1-2;;/h1-13,16-18H,14-15H2,(H,26,28)(H2,27,29,30,31);1-2H3;1H3;/q;;-1;. The van der Waals surface area contributed by atoms with Crippen LogP contribution in [-0.4, -0.2) is 28.4 Å². The minimum Gasteiger partial charge on any atom is -0.358 e. The van der Waals surface area contributed by atoms with Crippen molar-refractivity contribution >= 4 is 17.6 Å². The number of anilines is 1. The molecule has 1 heterocycles. The SMILES string of the molecule is CC.O=C(NC(=NCCc1cnc[nH]1)Nc1cccc(-c2ccccc2)c1)c1ccccc1.[CH3-].[Y]. The summed E-state index contributed by atoms with van der Waals surface area (Å²) in [6.45, 7) is 4.50. The summed E-state index contributed by atoms with van der Waals surface area (Å²) in [5, 5.41) is 6.16. The first-order valence-corrected chi connectivity index (χ1v) is 11.1. The number of hydrogen-bond donors (Lipinski definition) is 3. The molecular weight excluding hydrogens is 511 g/mol. The fourth-order valence-corrected chi connectivity index (χ4v) is 3.13. The van der Waals surface area contributed by atoms with Gasteiger partial charge in [-0.3, -0.25) is 15.1 Å². The molecule has 4 rings (SSSR count). The van der Waals surface area contributed by atoms with Gasteiger partial charge in [0.05, 0.1) is 6.33 Å². The maximum atomic E-state index is 12.7. The maximum Gasteiger partial charge on any atom is 0.257 e. The number of benzene rings is 3. The van der Waals surface area contributed by atoms with Gasteiger partial charge in [0.1, 0.15) is 0 Å². The molecule has 179 valence electrons. The Morgan fingerprint density at radius 3 is 2.23 bits per heavy atom. The third-order valence-electron chi connectivity index (χ3n) is 4.71. The Labute approximate surface area is 233 Å². The second-order valence-electron chi connectivity index (χ2n) is 6.95. The van der Waals surface area contributed by atoms with Gasteiger partial charge in [-0.05, 0) is 35.4 Å². The summed E-state index contributed by atoms with van der Waals surface area (Å²) < 4.78 is 0. The van der Waals surface area contributed by atoms with Crippen LogP contribution >= 0.6 is 0 Å². The largest absolute Gasteiger partial charge is 0.358 e. The molecule has 6 nitrogen and oxygen atoms in total. The van der Waals surface area contributed by atoms with E-state index < -0.39 is 0 Å². The number of aromatic amines is 1. The van der Waals surface area contributed by atoms with E-state index in [0.717, 1.165) is 22.5 Å². The summed E-state index contributed by atoms with van der Waals surface area (Å²) in [5.74, 6) is 0.186. The molecular formula is C28H32N5OY-. The molecule has 1 aromatic heterocycles. The van der Waals surface area contributed by atoms with E-state index in [-0.39, 0.29) is 46.0 Å². The van der Waals surface area contributed by atoms with Crippen LogP contribution in [0.3, 0.4) is 0 Å². The third kappa shape index (κ3) is 9.59. The zero-order valence-corrected chi connectivity index (χ0v) is 23.4. The Balaban J connectivity index is 0.00000149. The maximum absolute atomic E-state index is 12.7. The van der Waals surface area contributed by atoms with Gasteiger partial charge in [-0.15, -0.1) is 0 Å². The van der Waals surface area contributed by atoms with Crippen molar-refractivity contribution in [2.75, 3.05) is 11.9 Å². The Morgan fingerprint density at radius 2 is 1.57 bits per heavy atom. The molecule has 0 aliphatic carbocycles. The van der Waals surface area contributed by atoms with Crippen LogP contribution in [-0.2, 0) is 39.1 Å². The molecule has 4 aromatic rings. The van der Waals surface area contributed by atoms with Crippen LogP contribution in [0, 0.1) is 7.43 Å². The van der Waals surface area contributed by atoms with Crippen molar-refractivity contribution in [1.29, 1.82) is 0 Å². The molecule has 3 aromatic carbocycles. The Morgan fingerprint density at radius 1 is 0.914 bits per heavy atom. The molecule has 1 radical (unpaired) electrons. The first-order valence-electron chi connectivity index (χ1n) is 11.1.